The third-order valence-corrected chi connectivity index (χ3v) is 6.62. The van der Waals surface area contributed by atoms with Gasteiger partial charge in [0, 0.05) is 43.3 Å². The second-order valence-electron chi connectivity index (χ2n) is 9.53. The molecule has 1 atom stereocenters. The molecule has 0 unspecified atom stereocenters. The van der Waals surface area contributed by atoms with Crippen molar-refractivity contribution in [2.45, 2.75) is 51.5 Å². The van der Waals surface area contributed by atoms with Crippen LogP contribution in [-0.2, 0) is 11.8 Å². The topological polar surface area (TPSA) is 39.7 Å². The van der Waals surface area contributed by atoms with Crippen molar-refractivity contribution in [1.29, 1.82) is 0 Å². The number of amides is 2. The predicted molar refractivity (Wildman–Crippen MR) is 122 cm³/mol. The number of likely N-dealkylation sites (N-methyl/N-ethyl adjacent to an activating group) is 1. The van der Waals surface area contributed by atoms with E-state index in [9.17, 15) is 4.79 Å². The van der Waals surface area contributed by atoms with E-state index < -0.39 is 0 Å². The first-order valence-electron chi connectivity index (χ1n) is 11.1. The Hall–Kier alpha value is -2.40. The highest BCUT2D eigenvalue weighted by Crippen LogP contribution is 2.39. The normalized spacial score (nSPS) is 20.5. The Morgan fingerprint density at radius 1 is 1.20 bits per heavy atom. The predicted octanol–water partition coefficient (Wildman–Crippen LogP) is 4.25. The molecule has 3 heterocycles. The lowest BCUT2D eigenvalue weighted by Crippen LogP contribution is -2.53. The van der Waals surface area contributed by atoms with Crippen LogP contribution in [0.4, 0.5) is 10.5 Å². The van der Waals surface area contributed by atoms with Crippen LogP contribution in [0.3, 0.4) is 0 Å². The Bertz CT molecular complexity index is 895. The summed E-state index contributed by atoms with van der Waals surface area (Å²) in [6.45, 7) is 9.73. The van der Waals surface area contributed by atoms with Crippen LogP contribution in [0, 0.1) is 6.92 Å². The number of carbonyl (C=O) groups excluding carboxylic acids is 1. The molecule has 0 saturated carbocycles. The van der Waals surface area contributed by atoms with Gasteiger partial charge in [0.25, 0.3) is 0 Å². The number of anilines is 1. The summed E-state index contributed by atoms with van der Waals surface area (Å²) in [5.41, 5.74) is 4.29. The van der Waals surface area contributed by atoms with E-state index in [0.717, 1.165) is 56.0 Å². The van der Waals surface area contributed by atoms with Gasteiger partial charge in [-0.25, -0.2) is 4.79 Å². The summed E-state index contributed by atoms with van der Waals surface area (Å²) >= 11 is 0. The molecule has 1 fully saturated rings. The Morgan fingerprint density at radius 3 is 2.73 bits per heavy atom. The summed E-state index contributed by atoms with van der Waals surface area (Å²) in [7, 11) is 2.20. The van der Waals surface area contributed by atoms with Crippen LogP contribution in [0.1, 0.15) is 43.6 Å². The SMILES string of the molecule is Cc1ccc2c(n1)C(C)(C)CN2C(=O)N1CCC[C@H](N(C)CCc2ccccc2)C1. The molecule has 1 aromatic carbocycles. The van der Waals surface area contributed by atoms with Gasteiger partial charge >= 0.3 is 6.03 Å². The molecule has 0 aliphatic carbocycles. The number of rotatable bonds is 4. The zero-order valence-corrected chi connectivity index (χ0v) is 18.8. The molecule has 1 aromatic heterocycles. The molecule has 0 bridgehead atoms. The Balaban J connectivity index is 1.42. The van der Waals surface area contributed by atoms with Crippen molar-refractivity contribution < 1.29 is 4.79 Å². The Morgan fingerprint density at radius 2 is 1.97 bits per heavy atom. The van der Waals surface area contributed by atoms with Gasteiger partial charge in [0.2, 0.25) is 0 Å². The number of piperidine rings is 1. The monoisotopic (exact) mass is 406 g/mol. The first kappa shape index (κ1) is 20.9. The van der Waals surface area contributed by atoms with Gasteiger partial charge in [0.1, 0.15) is 0 Å². The smallest absolute Gasteiger partial charge is 0.323 e. The van der Waals surface area contributed by atoms with Gasteiger partial charge < -0.3 is 9.80 Å². The number of benzene rings is 1. The van der Waals surface area contributed by atoms with Crippen molar-refractivity contribution in [2.24, 2.45) is 0 Å². The van der Waals surface area contributed by atoms with E-state index in [1.807, 2.05) is 17.9 Å². The minimum Gasteiger partial charge on any atom is -0.323 e. The summed E-state index contributed by atoms with van der Waals surface area (Å²) < 4.78 is 0. The van der Waals surface area contributed by atoms with Crippen molar-refractivity contribution in [3.8, 4) is 0 Å². The molecule has 5 heteroatoms. The maximum Gasteiger partial charge on any atom is 0.324 e. The van der Waals surface area contributed by atoms with Gasteiger partial charge in [-0.1, -0.05) is 44.2 Å². The second kappa shape index (κ2) is 8.38. The lowest BCUT2D eigenvalue weighted by Gasteiger charge is -2.39. The van der Waals surface area contributed by atoms with E-state index in [0.29, 0.717) is 12.6 Å². The number of hydrogen-bond donors (Lipinski definition) is 0. The number of fused-ring (bicyclic) bond motifs is 1. The molecule has 160 valence electrons. The van der Waals surface area contributed by atoms with Crippen molar-refractivity contribution in [2.75, 3.05) is 38.1 Å². The summed E-state index contributed by atoms with van der Waals surface area (Å²) in [6.07, 6.45) is 3.25. The lowest BCUT2D eigenvalue weighted by molar-refractivity contribution is 0.130. The summed E-state index contributed by atoms with van der Waals surface area (Å²) in [5, 5.41) is 0. The number of aromatic nitrogens is 1. The van der Waals surface area contributed by atoms with Crippen molar-refractivity contribution in [1.82, 2.24) is 14.8 Å². The third-order valence-electron chi connectivity index (χ3n) is 6.62. The molecule has 2 aliphatic rings. The molecular weight excluding hydrogens is 372 g/mol. The van der Waals surface area contributed by atoms with E-state index >= 15 is 0 Å². The van der Waals surface area contributed by atoms with Gasteiger partial charge in [-0.05, 0) is 50.9 Å². The number of pyridine rings is 1. The van der Waals surface area contributed by atoms with Gasteiger partial charge in [0.05, 0.1) is 11.4 Å². The van der Waals surface area contributed by atoms with Crippen LogP contribution in [0.2, 0.25) is 0 Å². The number of urea groups is 1. The van der Waals surface area contributed by atoms with Gasteiger partial charge in [-0.3, -0.25) is 9.88 Å². The number of hydrogen-bond acceptors (Lipinski definition) is 3. The highest BCUT2D eigenvalue weighted by Gasteiger charge is 2.41. The van der Waals surface area contributed by atoms with Crippen molar-refractivity contribution in [3.05, 3.63) is 59.4 Å². The summed E-state index contributed by atoms with van der Waals surface area (Å²) in [4.78, 5) is 24.7. The Labute approximate surface area is 180 Å². The largest absolute Gasteiger partial charge is 0.324 e. The second-order valence-corrected chi connectivity index (χ2v) is 9.53. The van der Waals surface area contributed by atoms with Crippen LogP contribution in [-0.4, -0.2) is 60.1 Å². The number of nitrogens with zero attached hydrogens (tertiary/aromatic N) is 4. The fraction of sp³-hybridized carbons (Fsp3) is 0.520. The van der Waals surface area contributed by atoms with E-state index in [4.69, 9.17) is 4.98 Å². The fourth-order valence-corrected chi connectivity index (χ4v) is 4.78. The van der Waals surface area contributed by atoms with Crippen molar-refractivity contribution in [3.63, 3.8) is 0 Å². The van der Waals surface area contributed by atoms with Crippen LogP contribution >= 0.6 is 0 Å². The van der Waals surface area contributed by atoms with Gasteiger partial charge in [-0.15, -0.1) is 0 Å². The maximum absolute atomic E-state index is 13.5. The number of likely N-dealkylation sites (tertiary alicyclic amines) is 1. The zero-order chi connectivity index (χ0) is 21.3. The summed E-state index contributed by atoms with van der Waals surface area (Å²) in [6, 6.07) is 15.3. The van der Waals surface area contributed by atoms with Crippen LogP contribution < -0.4 is 4.90 Å². The van der Waals surface area contributed by atoms with Crippen LogP contribution in [0.25, 0.3) is 0 Å². The molecule has 4 rings (SSSR count). The molecule has 5 nitrogen and oxygen atoms in total. The van der Waals surface area contributed by atoms with E-state index in [2.05, 4.69) is 67.1 Å². The summed E-state index contributed by atoms with van der Waals surface area (Å²) in [5.74, 6) is 0. The van der Waals surface area contributed by atoms with Crippen molar-refractivity contribution >= 4 is 11.7 Å². The van der Waals surface area contributed by atoms with E-state index in [1.54, 1.807) is 0 Å². The molecule has 2 aliphatic heterocycles. The lowest BCUT2D eigenvalue weighted by atomic mass is 9.91. The average molecular weight is 407 g/mol. The molecule has 0 spiro atoms. The first-order valence-corrected chi connectivity index (χ1v) is 11.1. The van der Waals surface area contributed by atoms with Crippen LogP contribution in [0.5, 0.6) is 0 Å². The van der Waals surface area contributed by atoms with Crippen LogP contribution in [0.15, 0.2) is 42.5 Å². The third kappa shape index (κ3) is 4.22. The minimum absolute atomic E-state index is 0.112. The van der Waals surface area contributed by atoms with Gasteiger partial charge in [-0.2, -0.15) is 0 Å². The first-order chi connectivity index (χ1) is 14.3. The molecular formula is C25H34N4O. The molecule has 2 aromatic rings. The van der Waals surface area contributed by atoms with E-state index in [1.165, 1.54) is 5.56 Å². The van der Waals surface area contributed by atoms with Gasteiger partial charge in [0.15, 0.2) is 0 Å². The standard InChI is InChI=1S/C25H34N4O/c1-19-12-13-22-23(26-19)25(2,3)18-29(22)24(30)28-15-8-11-21(17-28)27(4)16-14-20-9-6-5-7-10-20/h5-7,9-10,12-13,21H,8,11,14-18H2,1-4H3/t21-/m0/s1. The number of aryl methyl sites for hydroxylation is 1. The molecule has 2 amide bonds. The molecule has 0 radical (unpaired) electrons. The molecule has 0 N–H and O–H groups in total. The molecule has 1 saturated heterocycles. The average Bonchev–Trinajstić information content (AvgIpc) is 3.02. The fourth-order valence-electron chi connectivity index (χ4n) is 4.78. The number of carbonyl (C=O) groups is 1. The highest BCUT2D eigenvalue weighted by atomic mass is 16.2. The van der Waals surface area contributed by atoms with E-state index in [-0.39, 0.29) is 11.4 Å². The maximum atomic E-state index is 13.5. The molecule has 30 heavy (non-hydrogen) atoms. The Kier molecular flexibility index (Phi) is 5.83. The zero-order valence-electron chi connectivity index (χ0n) is 18.8. The minimum atomic E-state index is -0.112. The quantitative estimate of drug-likeness (QED) is 0.762. The highest BCUT2D eigenvalue weighted by molar-refractivity contribution is 5.94.